The highest BCUT2D eigenvalue weighted by molar-refractivity contribution is 5.02. The molecule has 0 aromatic carbocycles. The molecule has 0 unspecified atom stereocenters. The van der Waals surface area contributed by atoms with Crippen LogP contribution in [-0.4, -0.2) is 30.2 Å². The number of nitrogens with one attached hydrogen (secondary N) is 1. The van der Waals surface area contributed by atoms with Gasteiger partial charge in [-0.3, -0.25) is 9.25 Å². The molecular weight excluding hydrogens is 328 g/mol. The molecular formula is C19H30N6O. The van der Waals surface area contributed by atoms with E-state index in [1.54, 1.807) is 11.6 Å². The summed E-state index contributed by atoms with van der Waals surface area (Å²) in [6.07, 6.45) is 10.4. The van der Waals surface area contributed by atoms with E-state index in [4.69, 9.17) is 0 Å². The van der Waals surface area contributed by atoms with Crippen LogP contribution in [0.5, 0.6) is 0 Å². The average molecular weight is 358 g/mol. The number of nitrogens with zero attached hydrogens (tertiary/aromatic N) is 5. The fourth-order valence-corrected chi connectivity index (χ4v) is 4.20. The van der Waals surface area contributed by atoms with Crippen LogP contribution < -0.4 is 11.0 Å². The summed E-state index contributed by atoms with van der Waals surface area (Å²) in [6.45, 7) is 1.93. The van der Waals surface area contributed by atoms with E-state index in [0.29, 0.717) is 12.0 Å². The molecule has 1 N–H and O–H groups in total. The molecule has 142 valence electrons. The number of hydrogen-bond acceptors (Lipinski definition) is 4. The largest absolute Gasteiger partial charge is 0.345 e. The summed E-state index contributed by atoms with van der Waals surface area (Å²) in [4.78, 5) is 12.0. The Morgan fingerprint density at radius 3 is 2.73 bits per heavy atom. The van der Waals surface area contributed by atoms with Crippen LogP contribution in [0.25, 0.3) is 0 Å². The molecule has 2 heterocycles. The van der Waals surface area contributed by atoms with E-state index < -0.39 is 0 Å². The van der Waals surface area contributed by atoms with Gasteiger partial charge in [0.25, 0.3) is 0 Å². The first kappa shape index (κ1) is 17.5. The number of aromatic nitrogens is 5. The van der Waals surface area contributed by atoms with Gasteiger partial charge in [-0.1, -0.05) is 12.8 Å². The molecule has 0 amide bonds. The SMILES string of the molecule is Cn1nc(C[C@H]2CCCC[C@H]2NCc2ccnn2CC2CC2)n(C)c1=O. The average Bonchev–Trinajstić information content (AvgIpc) is 3.30. The van der Waals surface area contributed by atoms with Gasteiger partial charge in [-0.05, 0) is 43.6 Å². The maximum absolute atomic E-state index is 12.0. The molecule has 0 spiro atoms. The maximum Gasteiger partial charge on any atom is 0.345 e. The predicted molar refractivity (Wildman–Crippen MR) is 99.7 cm³/mol. The Balaban J connectivity index is 1.40. The number of aryl methyl sites for hydroxylation is 1. The van der Waals surface area contributed by atoms with Crippen molar-refractivity contribution >= 4 is 0 Å². The van der Waals surface area contributed by atoms with E-state index in [2.05, 4.69) is 26.3 Å². The summed E-state index contributed by atoms with van der Waals surface area (Å²) in [5.41, 5.74) is 1.25. The molecule has 7 nitrogen and oxygen atoms in total. The zero-order valence-electron chi connectivity index (χ0n) is 15.9. The van der Waals surface area contributed by atoms with Crippen LogP contribution in [0, 0.1) is 11.8 Å². The Labute approximate surface area is 154 Å². The van der Waals surface area contributed by atoms with Crippen molar-refractivity contribution in [2.24, 2.45) is 25.9 Å². The Hall–Kier alpha value is -1.89. The van der Waals surface area contributed by atoms with Crippen molar-refractivity contribution in [2.45, 2.75) is 64.1 Å². The van der Waals surface area contributed by atoms with Gasteiger partial charge in [0.15, 0.2) is 0 Å². The summed E-state index contributed by atoms with van der Waals surface area (Å²) in [5.74, 6) is 2.26. The Kier molecular flexibility index (Phi) is 4.98. The third-order valence-electron chi connectivity index (χ3n) is 6.05. The molecule has 2 atom stereocenters. The van der Waals surface area contributed by atoms with Crippen LogP contribution in [-0.2, 0) is 33.6 Å². The molecule has 0 radical (unpaired) electrons. The highest BCUT2D eigenvalue weighted by Gasteiger charge is 2.27. The molecule has 2 aromatic rings. The van der Waals surface area contributed by atoms with E-state index >= 15 is 0 Å². The van der Waals surface area contributed by atoms with Crippen molar-refractivity contribution in [3.8, 4) is 0 Å². The van der Waals surface area contributed by atoms with E-state index in [9.17, 15) is 4.79 Å². The zero-order valence-corrected chi connectivity index (χ0v) is 15.9. The molecule has 0 bridgehead atoms. The lowest BCUT2D eigenvalue weighted by atomic mass is 9.82. The van der Waals surface area contributed by atoms with Gasteiger partial charge in [-0.2, -0.15) is 10.2 Å². The highest BCUT2D eigenvalue weighted by atomic mass is 16.2. The monoisotopic (exact) mass is 358 g/mol. The van der Waals surface area contributed by atoms with Gasteiger partial charge in [0.2, 0.25) is 0 Å². The first-order valence-electron chi connectivity index (χ1n) is 9.95. The maximum atomic E-state index is 12.0. The molecule has 2 aliphatic rings. The van der Waals surface area contributed by atoms with Crippen LogP contribution in [0.1, 0.15) is 50.0 Å². The van der Waals surface area contributed by atoms with E-state index in [1.807, 2.05) is 13.2 Å². The molecule has 2 aliphatic carbocycles. The second-order valence-electron chi connectivity index (χ2n) is 8.07. The first-order chi connectivity index (χ1) is 12.6. The van der Waals surface area contributed by atoms with Crippen LogP contribution in [0.4, 0.5) is 0 Å². The minimum Gasteiger partial charge on any atom is -0.308 e. The van der Waals surface area contributed by atoms with Gasteiger partial charge < -0.3 is 5.32 Å². The van der Waals surface area contributed by atoms with E-state index in [0.717, 1.165) is 31.3 Å². The number of rotatable bonds is 7. The summed E-state index contributed by atoms with van der Waals surface area (Å²) >= 11 is 0. The second-order valence-corrected chi connectivity index (χ2v) is 8.07. The molecule has 7 heteroatoms. The molecule has 4 rings (SSSR count). The minimum atomic E-state index is -0.0377. The van der Waals surface area contributed by atoms with Crippen molar-refractivity contribution < 1.29 is 0 Å². The van der Waals surface area contributed by atoms with E-state index in [1.165, 1.54) is 48.9 Å². The zero-order chi connectivity index (χ0) is 18.1. The van der Waals surface area contributed by atoms with Gasteiger partial charge in [0.05, 0.1) is 5.69 Å². The Bertz CT molecular complexity index is 799. The topological polar surface area (TPSA) is 69.7 Å². The van der Waals surface area contributed by atoms with Crippen molar-refractivity contribution in [1.82, 2.24) is 29.4 Å². The normalized spacial score (nSPS) is 23.5. The molecule has 2 fully saturated rings. The summed E-state index contributed by atoms with van der Waals surface area (Å²) in [7, 11) is 3.55. The lowest BCUT2D eigenvalue weighted by Crippen LogP contribution is -2.40. The summed E-state index contributed by atoms with van der Waals surface area (Å²) in [6, 6.07) is 2.61. The standard InChI is InChI=1S/C19H30N6O/c1-23-18(22-24(2)19(23)26)11-15-5-3-4-6-17(15)20-12-16-9-10-21-25(16)13-14-7-8-14/h9-10,14-15,17,20H,3-8,11-13H2,1-2H3/t15-,17-/m1/s1. The van der Waals surface area contributed by atoms with Gasteiger partial charge in [0, 0.05) is 45.8 Å². The molecule has 0 aliphatic heterocycles. The fourth-order valence-electron chi connectivity index (χ4n) is 4.20. The van der Waals surface area contributed by atoms with Gasteiger partial charge >= 0.3 is 5.69 Å². The van der Waals surface area contributed by atoms with Gasteiger partial charge in [0.1, 0.15) is 5.82 Å². The highest BCUT2D eigenvalue weighted by Crippen LogP contribution is 2.31. The van der Waals surface area contributed by atoms with Gasteiger partial charge in [-0.25, -0.2) is 9.48 Å². The third kappa shape index (κ3) is 3.77. The van der Waals surface area contributed by atoms with Crippen molar-refractivity contribution in [2.75, 3.05) is 0 Å². The molecule has 2 saturated carbocycles. The minimum absolute atomic E-state index is 0.0377. The Morgan fingerprint density at radius 1 is 1.19 bits per heavy atom. The van der Waals surface area contributed by atoms with Crippen LogP contribution in [0.2, 0.25) is 0 Å². The van der Waals surface area contributed by atoms with Crippen LogP contribution >= 0.6 is 0 Å². The quantitative estimate of drug-likeness (QED) is 0.816. The van der Waals surface area contributed by atoms with Crippen molar-refractivity contribution in [3.05, 3.63) is 34.3 Å². The first-order valence-corrected chi connectivity index (χ1v) is 9.95. The second kappa shape index (κ2) is 7.39. The lowest BCUT2D eigenvalue weighted by Gasteiger charge is -2.32. The summed E-state index contributed by atoms with van der Waals surface area (Å²) < 4.78 is 5.30. The van der Waals surface area contributed by atoms with Gasteiger partial charge in [-0.15, -0.1) is 0 Å². The van der Waals surface area contributed by atoms with Crippen molar-refractivity contribution in [1.29, 1.82) is 0 Å². The molecule has 26 heavy (non-hydrogen) atoms. The van der Waals surface area contributed by atoms with E-state index in [-0.39, 0.29) is 5.69 Å². The number of hydrogen-bond donors (Lipinski definition) is 1. The smallest absolute Gasteiger partial charge is 0.308 e. The molecule has 2 aromatic heterocycles. The van der Waals surface area contributed by atoms with Crippen LogP contribution in [0.3, 0.4) is 0 Å². The lowest BCUT2D eigenvalue weighted by molar-refractivity contribution is 0.252. The third-order valence-corrected chi connectivity index (χ3v) is 6.05. The van der Waals surface area contributed by atoms with Crippen molar-refractivity contribution in [3.63, 3.8) is 0 Å². The fraction of sp³-hybridized carbons (Fsp3) is 0.737. The summed E-state index contributed by atoms with van der Waals surface area (Å²) in [5, 5.41) is 12.7. The predicted octanol–water partition coefficient (Wildman–Crippen LogP) is 1.62. The molecule has 0 saturated heterocycles. The van der Waals surface area contributed by atoms with Crippen LogP contribution in [0.15, 0.2) is 17.1 Å². The Morgan fingerprint density at radius 2 is 2.00 bits per heavy atom.